The van der Waals surface area contributed by atoms with Crippen LogP contribution in [0.15, 0.2) is 42.6 Å². The van der Waals surface area contributed by atoms with Crippen molar-refractivity contribution in [3.8, 4) is 23.2 Å². The van der Waals surface area contributed by atoms with E-state index >= 15 is 0 Å². The summed E-state index contributed by atoms with van der Waals surface area (Å²) < 4.78 is 30.5. The second-order valence-electron chi connectivity index (χ2n) is 4.19. The predicted octanol–water partition coefficient (Wildman–Crippen LogP) is 2.87. The number of ether oxygens (including phenoxy) is 1. The fraction of sp³-hybridized carbons (Fsp3) is 0.0714. The van der Waals surface area contributed by atoms with Crippen LogP contribution in [-0.2, 0) is 0 Å². The van der Waals surface area contributed by atoms with Crippen molar-refractivity contribution in [2.75, 3.05) is 0 Å². The van der Waals surface area contributed by atoms with Crippen molar-refractivity contribution in [3.05, 3.63) is 48.2 Å². The molecule has 0 atom stereocenters. The van der Waals surface area contributed by atoms with E-state index < -0.39 is 6.61 Å². The minimum atomic E-state index is -2.88. The number of benzene rings is 1. The van der Waals surface area contributed by atoms with Crippen molar-refractivity contribution in [2.24, 2.45) is 0 Å². The van der Waals surface area contributed by atoms with Crippen molar-refractivity contribution >= 4 is 5.65 Å². The molecule has 0 N–H and O–H groups in total. The van der Waals surface area contributed by atoms with Crippen LogP contribution in [0.1, 0.15) is 5.56 Å². The Labute approximate surface area is 118 Å². The van der Waals surface area contributed by atoms with Gasteiger partial charge in [-0.05, 0) is 18.2 Å². The molecular formula is C14H8F2N4O. The normalized spacial score (nSPS) is 10.8. The van der Waals surface area contributed by atoms with Crippen LogP contribution in [0, 0.1) is 11.3 Å². The lowest BCUT2D eigenvalue weighted by Crippen LogP contribution is -2.01. The Hall–Kier alpha value is -3.01. The van der Waals surface area contributed by atoms with Crippen molar-refractivity contribution in [1.82, 2.24) is 14.6 Å². The molecule has 0 spiro atoms. The summed E-state index contributed by atoms with van der Waals surface area (Å²) in [7, 11) is 0. The van der Waals surface area contributed by atoms with Gasteiger partial charge in [-0.25, -0.2) is 0 Å². The van der Waals surface area contributed by atoms with E-state index in [9.17, 15) is 8.78 Å². The van der Waals surface area contributed by atoms with Gasteiger partial charge in [-0.2, -0.15) is 14.0 Å². The number of nitrogens with zero attached hydrogens (tertiary/aromatic N) is 4. The molecule has 2 heterocycles. The number of aromatic nitrogens is 3. The van der Waals surface area contributed by atoms with E-state index in [2.05, 4.69) is 14.9 Å². The molecule has 0 bridgehead atoms. The summed E-state index contributed by atoms with van der Waals surface area (Å²) in [6.07, 6.45) is 1.66. The molecule has 0 aliphatic rings. The van der Waals surface area contributed by atoms with E-state index in [0.717, 1.165) is 0 Å². The van der Waals surface area contributed by atoms with Gasteiger partial charge >= 0.3 is 6.61 Å². The third-order valence-electron chi connectivity index (χ3n) is 2.86. The van der Waals surface area contributed by atoms with Crippen molar-refractivity contribution in [2.45, 2.75) is 6.61 Å². The fourth-order valence-electron chi connectivity index (χ4n) is 1.97. The van der Waals surface area contributed by atoms with Gasteiger partial charge < -0.3 is 4.74 Å². The van der Waals surface area contributed by atoms with Crippen LogP contribution in [0.3, 0.4) is 0 Å². The Morgan fingerprint density at radius 1 is 1.19 bits per heavy atom. The number of halogens is 2. The molecule has 2 aromatic heterocycles. The summed E-state index contributed by atoms with van der Waals surface area (Å²) in [4.78, 5) is 0. The van der Waals surface area contributed by atoms with E-state index in [-0.39, 0.29) is 5.75 Å². The monoisotopic (exact) mass is 286 g/mol. The zero-order valence-corrected chi connectivity index (χ0v) is 10.6. The van der Waals surface area contributed by atoms with Crippen LogP contribution in [0.2, 0.25) is 0 Å². The Bertz CT molecular complexity index is 838. The SMILES string of the molecule is N#Cc1ccn2c(-c3cccc(OC(F)F)c3)nnc2c1. The first kappa shape index (κ1) is 13.0. The molecule has 0 amide bonds. The molecule has 0 saturated heterocycles. The molecule has 3 rings (SSSR count). The quantitative estimate of drug-likeness (QED) is 0.742. The van der Waals surface area contributed by atoms with Crippen LogP contribution in [0.5, 0.6) is 5.75 Å². The van der Waals surface area contributed by atoms with Gasteiger partial charge in [0.05, 0.1) is 11.6 Å². The van der Waals surface area contributed by atoms with Gasteiger partial charge in [0.25, 0.3) is 0 Å². The molecule has 3 aromatic rings. The fourth-order valence-corrected chi connectivity index (χ4v) is 1.97. The number of fused-ring (bicyclic) bond motifs is 1. The number of hydrogen-bond acceptors (Lipinski definition) is 4. The van der Waals surface area contributed by atoms with Crippen molar-refractivity contribution in [1.29, 1.82) is 5.26 Å². The van der Waals surface area contributed by atoms with Gasteiger partial charge in [0.2, 0.25) is 0 Å². The standard InChI is InChI=1S/C14H8F2N4O/c15-14(16)21-11-3-1-2-10(7-11)13-19-18-12-6-9(8-17)4-5-20(12)13/h1-7,14H. The van der Waals surface area contributed by atoms with Crippen LogP contribution < -0.4 is 4.74 Å². The first-order valence-corrected chi connectivity index (χ1v) is 5.97. The molecule has 1 aromatic carbocycles. The van der Waals surface area contributed by atoms with Gasteiger partial charge in [0, 0.05) is 17.8 Å². The lowest BCUT2D eigenvalue weighted by atomic mass is 10.2. The van der Waals surface area contributed by atoms with E-state index in [1.54, 1.807) is 34.9 Å². The lowest BCUT2D eigenvalue weighted by molar-refractivity contribution is -0.0498. The van der Waals surface area contributed by atoms with E-state index in [1.807, 2.05) is 6.07 Å². The maximum Gasteiger partial charge on any atom is 0.387 e. The average molecular weight is 286 g/mol. The van der Waals surface area contributed by atoms with Crippen LogP contribution in [0.4, 0.5) is 8.78 Å². The molecule has 0 radical (unpaired) electrons. The van der Waals surface area contributed by atoms with Crippen molar-refractivity contribution < 1.29 is 13.5 Å². The first-order valence-electron chi connectivity index (χ1n) is 5.97. The Morgan fingerprint density at radius 2 is 2.05 bits per heavy atom. The lowest BCUT2D eigenvalue weighted by Gasteiger charge is -2.06. The van der Waals surface area contributed by atoms with Crippen LogP contribution in [0.25, 0.3) is 17.0 Å². The van der Waals surface area contributed by atoms with Crippen LogP contribution >= 0.6 is 0 Å². The number of pyridine rings is 1. The van der Waals surface area contributed by atoms with Crippen LogP contribution in [-0.4, -0.2) is 21.2 Å². The minimum absolute atomic E-state index is 0.0490. The molecule has 0 aliphatic heterocycles. The average Bonchev–Trinajstić information content (AvgIpc) is 2.89. The van der Waals surface area contributed by atoms with E-state index in [0.29, 0.717) is 22.6 Å². The summed E-state index contributed by atoms with van der Waals surface area (Å²) >= 11 is 0. The smallest absolute Gasteiger partial charge is 0.387 e. The molecule has 0 saturated carbocycles. The highest BCUT2D eigenvalue weighted by Gasteiger charge is 2.11. The van der Waals surface area contributed by atoms with Gasteiger partial charge in [-0.3, -0.25) is 4.40 Å². The van der Waals surface area contributed by atoms with Gasteiger partial charge in [0.1, 0.15) is 5.75 Å². The molecule has 0 aliphatic carbocycles. The maximum absolute atomic E-state index is 12.2. The molecule has 21 heavy (non-hydrogen) atoms. The van der Waals surface area contributed by atoms with Gasteiger partial charge in [-0.15, -0.1) is 10.2 Å². The summed E-state index contributed by atoms with van der Waals surface area (Å²) in [5.74, 6) is 0.530. The molecular weight excluding hydrogens is 278 g/mol. The Kier molecular flexibility index (Phi) is 3.20. The summed E-state index contributed by atoms with van der Waals surface area (Å²) in [5.41, 5.74) is 1.56. The summed E-state index contributed by atoms with van der Waals surface area (Å²) in [5, 5.41) is 16.8. The Morgan fingerprint density at radius 3 is 2.81 bits per heavy atom. The zero-order chi connectivity index (χ0) is 14.8. The topological polar surface area (TPSA) is 63.2 Å². The first-order chi connectivity index (χ1) is 10.2. The number of alkyl halides is 2. The Balaban J connectivity index is 2.06. The van der Waals surface area contributed by atoms with Gasteiger partial charge in [-0.1, -0.05) is 12.1 Å². The third-order valence-corrected chi connectivity index (χ3v) is 2.86. The highest BCUT2D eigenvalue weighted by Crippen LogP contribution is 2.24. The predicted molar refractivity (Wildman–Crippen MR) is 69.8 cm³/mol. The van der Waals surface area contributed by atoms with Gasteiger partial charge in [0.15, 0.2) is 11.5 Å². The van der Waals surface area contributed by atoms with Crippen molar-refractivity contribution in [3.63, 3.8) is 0 Å². The number of nitriles is 1. The summed E-state index contributed by atoms with van der Waals surface area (Å²) in [6.45, 7) is -2.88. The molecule has 0 unspecified atom stereocenters. The second kappa shape index (κ2) is 5.17. The zero-order valence-electron chi connectivity index (χ0n) is 10.6. The molecule has 104 valence electrons. The largest absolute Gasteiger partial charge is 0.435 e. The molecule has 0 fully saturated rings. The number of hydrogen-bond donors (Lipinski definition) is 0. The third kappa shape index (κ3) is 2.51. The summed E-state index contributed by atoms with van der Waals surface area (Å²) in [6, 6.07) is 11.4. The molecule has 5 nitrogen and oxygen atoms in total. The minimum Gasteiger partial charge on any atom is -0.435 e. The number of rotatable bonds is 3. The second-order valence-corrected chi connectivity index (χ2v) is 4.19. The maximum atomic E-state index is 12.2. The highest BCUT2D eigenvalue weighted by molar-refractivity contribution is 5.62. The molecule has 7 heteroatoms. The van der Waals surface area contributed by atoms with E-state index in [1.165, 1.54) is 12.1 Å². The van der Waals surface area contributed by atoms with E-state index in [4.69, 9.17) is 5.26 Å². The highest BCUT2D eigenvalue weighted by atomic mass is 19.3.